The number of fused-ring (bicyclic) bond motifs is 1. The number of rotatable bonds is 5. The van der Waals surface area contributed by atoms with Crippen molar-refractivity contribution < 1.29 is 30.6 Å². The average Bonchev–Trinajstić information content (AvgIpc) is 2.83. The Bertz CT molecular complexity index is 560. The zero-order valence-electron chi connectivity index (χ0n) is 10.4. The lowest BCUT2D eigenvalue weighted by molar-refractivity contribution is -0.643. The van der Waals surface area contributed by atoms with Gasteiger partial charge in [-0.1, -0.05) is 15.9 Å². The van der Waals surface area contributed by atoms with Gasteiger partial charge in [-0.2, -0.15) is 0 Å². The van der Waals surface area contributed by atoms with Crippen LogP contribution in [0.2, 0.25) is 0 Å². The molecule has 0 spiro atoms. The van der Waals surface area contributed by atoms with Crippen LogP contribution in [0.5, 0.6) is 0 Å². The maximum Gasteiger partial charge on any atom is 0.397 e. The summed E-state index contributed by atoms with van der Waals surface area (Å²) in [6, 6.07) is 0. The van der Waals surface area contributed by atoms with Crippen molar-refractivity contribution in [2.75, 3.05) is 13.2 Å². The van der Waals surface area contributed by atoms with Gasteiger partial charge in [0.05, 0.1) is 20.3 Å². The zero-order valence-corrected chi connectivity index (χ0v) is 12.8. The lowest BCUT2D eigenvalue weighted by atomic mass is 10.9. The maximum atomic E-state index is 12.6. The van der Waals surface area contributed by atoms with E-state index in [1.54, 1.807) is 30.1 Å². The summed E-state index contributed by atoms with van der Waals surface area (Å²) < 4.78 is 26.7. The molecule has 9 heteroatoms. The van der Waals surface area contributed by atoms with Crippen molar-refractivity contribution >= 4 is 29.3 Å². The molecule has 0 aromatic carbocycles. The molecule has 0 bridgehead atoms. The van der Waals surface area contributed by atoms with Crippen LogP contribution in [-0.4, -0.2) is 22.8 Å². The van der Waals surface area contributed by atoms with E-state index in [0.29, 0.717) is 18.6 Å². The van der Waals surface area contributed by atoms with Gasteiger partial charge in [0.25, 0.3) is 6.33 Å². The fourth-order valence-corrected chi connectivity index (χ4v) is 4.42. The predicted molar refractivity (Wildman–Crippen MR) is 64.7 cm³/mol. The molecule has 6 nitrogen and oxygen atoms in total. The van der Waals surface area contributed by atoms with Crippen molar-refractivity contribution in [2.24, 2.45) is 7.05 Å². The second kappa shape index (κ2) is 6.12. The Morgan fingerprint density at radius 3 is 2.61 bits per heavy atom. The molecule has 2 heterocycles. The minimum absolute atomic E-state index is 0. The molecule has 0 fully saturated rings. The summed E-state index contributed by atoms with van der Waals surface area (Å²) >= 11 is 1.46. The molecule has 18 heavy (non-hydrogen) atoms. The van der Waals surface area contributed by atoms with Crippen molar-refractivity contribution in [1.82, 2.24) is 9.61 Å². The zero-order chi connectivity index (χ0) is 12.5. The Hall–Kier alpha value is -0.460. The molecule has 0 amide bonds. The Kier molecular flexibility index (Phi) is 5.31. The van der Waals surface area contributed by atoms with Crippen LogP contribution in [0.25, 0.3) is 4.96 Å². The summed E-state index contributed by atoms with van der Waals surface area (Å²) in [5.74, 6) is 0. The highest BCUT2D eigenvalue weighted by atomic mass is 35.5. The third-order valence-electron chi connectivity index (χ3n) is 2.19. The van der Waals surface area contributed by atoms with Gasteiger partial charge in [-0.25, -0.2) is 4.57 Å². The smallest absolute Gasteiger partial charge is 0.397 e. The van der Waals surface area contributed by atoms with Crippen molar-refractivity contribution in [3.05, 3.63) is 11.7 Å². The highest BCUT2D eigenvalue weighted by molar-refractivity contribution is 7.62. The quantitative estimate of drug-likeness (QED) is 0.479. The summed E-state index contributed by atoms with van der Waals surface area (Å²) in [5, 5.41) is 5.94. The number of hydrogen-bond acceptors (Lipinski definition) is 5. The molecule has 0 saturated carbocycles. The number of aromatic nitrogens is 3. The lowest BCUT2D eigenvalue weighted by Gasteiger charge is -2.12. The number of thiazole rings is 1. The van der Waals surface area contributed by atoms with Crippen LogP contribution in [0.1, 0.15) is 13.8 Å². The number of halogens is 1. The molecule has 0 saturated heterocycles. The number of aryl methyl sites for hydroxylation is 1. The van der Waals surface area contributed by atoms with E-state index in [-0.39, 0.29) is 12.4 Å². The fourth-order valence-electron chi connectivity index (χ4n) is 1.51. The first kappa shape index (κ1) is 15.6. The first-order valence-electron chi connectivity index (χ1n) is 5.33. The molecule has 0 atom stereocenters. The van der Waals surface area contributed by atoms with E-state index in [9.17, 15) is 4.57 Å². The molecule has 0 unspecified atom stereocenters. The Labute approximate surface area is 115 Å². The molecule has 2 aromatic rings. The van der Waals surface area contributed by atoms with Gasteiger partial charge in [-0.15, -0.1) is 0 Å². The van der Waals surface area contributed by atoms with Crippen molar-refractivity contribution in [3.8, 4) is 0 Å². The summed E-state index contributed by atoms with van der Waals surface area (Å²) in [5.41, 5.74) is 0.488. The lowest BCUT2D eigenvalue weighted by Crippen LogP contribution is -3.00. The minimum Gasteiger partial charge on any atom is -1.00 e. The van der Waals surface area contributed by atoms with E-state index in [1.807, 2.05) is 11.6 Å². The second-order valence-electron chi connectivity index (χ2n) is 3.36. The highest BCUT2D eigenvalue weighted by Gasteiger charge is 2.36. The molecule has 0 N–H and O–H groups in total. The Morgan fingerprint density at radius 1 is 1.44 bits per heavy atom. The van der Waals surface area contributed by atoms with Crippen LogP contribution < -0.4 is 22.4 Å². The average molecular weight is 312 g/mol. The predicted octanol–water partition coefficient (Wildman–Crippen LogP) is -1.88. The van der Waals surface area contributed by atoms with Crippen LogP contribution in [-0.2, 0) is 20.7 Å². The Balaban J connectivity index is 0.00000162. The van der Waals surface area contributed by atoms with Crippen molar-refractivity contribution in [1.29, 1.82) is 0 Å². The van der Waals surface area contributed by atoms with E-state index in [4.69, 9.17) is 9.05 Å². The normalized spacial score (nSPS) is 11.7. The first-order chi connectivity index (χ1) is 8.12. The topological polar surface area (TPSA) is 56.7 Å². The third kappa shape index (κ3) is 2.60. The van der Waals surface area contributed by atoms with E-state index in [0.717, 1.165) is 4.96 Å². The van der Waals surface area contributed by atoms with Crippen LogP contribution >= 0.6 is 18.9 Å². The van der Waals surface area contributed by atoms with Gasteiger partial charge < -0.3 is 21.5 Å². The first-order valence-corrected chi connectivity index (χ1v) is 7.75. The van der Waals surface area contributed by atoms with Crippen molar-refractivity contribution in [3.63, 3.8) is 0 Å². The van der Waals surface area contributed by atoms with Crippen LogP contribution in [0.15, 0.2) is 11.7 Å². The molecular weight excluding hydrogens is 297 g/mol. The molecule has 0 aliphatic carbocycles. The third-order valence-corrected chi connectivity index (χ3v) is 5.45. The van der Waals surface area contributed by atoms with Crippen LogP contribution in [0.4, 0.5) is 0 Å². The van der Waals surface area contributed by atoms with Gasteiger partial charge >= 0.3 is 12.6 Å². The van der Waals surface area contributed by atoms with Crippen LogP contribution in [0.3, 0.4) is 0 Å². The molecule has 2 aromatic heterocycles. The summed E-state index contributed by atoms with van der Waals surface area (Å²) in [4.78, 5) is 0.889. The van der Waals surface area contributed by atoms with Gasteiger partial charge in [0.1, 0.15) is 0 Å². The largest absolute Gasteiger partial charge is 1.00 e. The molecule has 0 aliphatic heterocycles. The standard InChI is InChI=1S/C9H15N3O3PS.ClH/c1-4-14-16(13,15-5-2)8-6-17-9-11(3)7-10-12(8)9;/h6-7H,4-5H2,1-3H3;1H/q+1;/p-1. The van der Waals surface area contributed by atoms with Gasteiger partial charge in [0.2, 0.25) is 5.44 Å². The molecule has 0 radical (unpaired) electrons. The SMILES string of the molecule is CCOP(=O)(OCC)c1csc2n1nc[n+]2C.[Cl-]. The monoisotopic (exact) mass is 311 g/mol. The summed E-state index contributed by atoms with van der Waals surface area (Å²) in [7, 11) is -1.37. The maximum absolute atomic E-state index is 12.6. The molecule has 2 rings (SSSR count). The number of hydrogen-bond donors (Lipinski definition) is 0. The van der Waals surface area contributed by atoms with Crippen molar-refractivity contribution in [2.45, 2.75) is 13.8 Å². The minimum atomic E-state index is -3.26. The highest BCUT2D eigenvalue weighted by Crippen LogP contribution is 2.47. The van der Waals surface area contributed by atoms with E-state index in [1.165, 1.54) is 11.3 Å². The van der Waals surface area contributed by atoms with Gasteiger partial charge in [-0.3, -0.25) is 4.57 Å². The molecular formula is C9H15ClN3O3PS. The van der Waals surface area contributed by atoms with E-state index in [2.05, 4.69) is 5.10 Å². The number of nitrogens with zero attached hydrogens (tertiary/aromatic N) is 3. The van der Waals surface area contributed by atoms with E-state index < -0.39 is 7.60 Å². The summed E-state index contributed by atoms with van der Waals surface area (Å²) in [6.07, 6.45) is 1.66. The van der Waals surface area contributed by atoms with Gasteiger partial charge in [-0.05, 0) is 13.8 Å². The molecule has 102 valence electrons. The Morgan fingerprint density at radius 2 is 2.06 bits per heavy atom. The molecule has 0 aliphatic rings. The van der Waals surface area contributed by atoms with Gasteiger partial charge in [0, 0.05) is 10.5 Å². The van der Waals surface area contributed by atoms with Gasteiger partial charge in [0.15, 0.2) is 0 Å². The second-order valence-corrected chi connectivity index (χ2v) is 6.17. The van der Waals surface area contributed by atoms with E-state index >= 15 is 0 Å². The summed E-state index contributed by atoms with van der Waals surface area (Å²) in [6.45, 7) is 4.25. The fraction of sp³-hybridized carbons (Fsp3) is 0.556. The van der Waals surface area contributed by atoms with Crippen LogP contribution in [0, 0.1) is 0 Å².